The molecular weight excluding hydrogens is 432 g/mol. The number of nitrogens with one attached hydrogen (secondary N) is 1. The van der Waals surface area contributed by atoms with Crippen molar-refractivity contribution >= 4 is 28.8 Å². The summed E-state index contributed by atoms with van der Waals surface area (Å²) in [6, 6.07) is 23.5. The number of rotatable bonds is 7. The van der Waals surface area contributed by atoms with Gasteiger partial charge in [-0.25, -0.2) is 4.90 Å². The van der Waals surface area contributed by atoms with Crippen LogP contribution in [-0.2, 0) is 21.4 Å². The van der Waals surface area contributed by atoms with Crippen LogP contribution < -0.4 is 10.2 Å². The van der Waals surface area contributed by atoms with Crippen LogP contribution in [0.2, 0.25) is 0 Å². The summed E-state index contributed by atoms with van der Waals surface area (Å²) in [5.41, 5.74) is 6.32. The molecule has 0 fully saturated rings. The minimum Gasteiger partial charge on any atom is -0.350 e. The van der Waals surface area contributed by atoms with Crippen LogP contribution >= 0.6 is 0 Å². The zero-order valence-electron chi connectivity index (χ0n) is 21.3. The maximum atomic E-state index is 13.7. The number of unbranched alkanes of at least 4 members (excludes halogenated alkanes) is 1. The Morgan fingerprint density at radius 1 is 0.800 bits per heavy atom. The second kappa shape index (κ2) is 9.91. The Bertz CT molecular complexity index is 1250. The smallest absolute Gasteiger partial charge is 0.282 e. The van der Waals surface area contributed by atoms with E-state index in [-0.39, 0.29) is 17.2 Å². The lowest BCUT2D eigenvalue weighted by molar-refractivity contribution is -0.120. The number of benzene rings is 3. The van der Waals surface area contributed by atoms with Crippen molar-refractivity contribution < 1.29 is 9.59 Å². The zero-order valence-corrected chi connectivity index (χ0v) is 21.3. The molecule has 1 aliphatic rings. The van der Waals surface area contributed by atoms with Crippen molar-refractivity contribution in [2.45, 2.75) is 59.3 Å². The molecule has 2 amide bonds. The van der Waals surface area contributed by atoms with Crippen molar-refractivity contribution in [2.75, 3.05) is 10.2 Å². The molecule has 0 unspecified atom stereocenters. The Morgan fingerprint density at radius 3 is 2.00 bits per heavy atom. The van der Waals surface area contributed by atoms with E-state index in [9.17, 15) is 9.59 Å². The third-order valence-corrected chi connectivity index (χ3v) is 6.46. The minimum atomic E-state index is -0.341. The first-order chi connectivity index (χ1) is 16.7. The van der Waals surface area contributed by atoms with Gasteiger partial charge in [0.25, 0.3) is 11.8 Å². The molecule has 3 aromatic carbocycles. The predicted molar refractivity (Wildman–Crippen MR) is 144 cm³/mol. The molecule has 0 saturated heterocycles. The quantitative estimate of drug-likeness (QED) is 0.380. The number of amides is 2. The first-order valence-corrected chi connectivity index (χ1v) is 12.4. The highest BCUT2D eigenvalue weighted by Crippen LogP contribution is 2.34. The second-order valence-electron chi connectivity index (χ2n) is 10.3. The Morgan fingerprint density at radius 2 is 1.43 bits per heavy atom. The van der Waals surface area contributed by atoms with Gasteiger partial charge in [-0.05, 0) is 66.1 Å². The highest BCUT2D eigenvalue weighted by atomic mass is 16.2. The molecule has 0 aliphatic carbocycles. The van der Waals surface area contributed by atoms with Gasteiger partial charge in [0.15, 0.2) is 0 Å². The summed E-state index contributed by atoms with van der Waals surface area (Å²) in [4.78, 5) is 28.6. The lowest BCUT2D eigenvalue weighted by Crippen LogP contribution is -2.32. The lowest BCUT2D eigenvalue weighted by Gasteiger charge is -2.19. The summed E-state index contributed by atoms with van der Waals surface area (Å²) in [7, 11) is 0. The molecule has 4 rings (SSSR count). The Balaban J connectivity index is 1.70. The average Bonchev–Trinajstić information content (AvgIpc) is 3.07. The van der Waals surface area contributed by atoms with Gasteiger partial charge >= 0.3 is 0 Å². The molecule has 0 atom stereocenters. The largest absolute Gasteiger partial charge is 0.350 e. The number of imide groups is 1. The summed E-state index contributed by atoms with van der Waals surface area (Å²) in [5.74, 6) is -0.652. The van der Waals surface area contributed by atoms with Crippen LogP contribution in [0.25, 0.3) is 5.57 Å². The maximum Gasteiger partial charge on any atom is 0.282 e. The highest BCUT2D eigenvalue weighted by Gasteiger charge is 2.40. The SMILES string of the molecule is CCCCc1ccc(N2C(=O)C(Nc3ccc(C(C)(C)C)cc3)=C(c3ccc(C)cc3)C2=O)cc1. The van der Waals surface area contributed by atoms with Gasteiger partial charge in [0, 0.05) is 5.69 Å². The van der Waals surface area contributed by atoms with Gasteiger partial charge in [0.2, 0.25) is 0 Å². The molecule has 0 spiro atoms. The first kappa shape index (κ1) is 24.5. The maximum absolute atomic E-state index is 13.7. The summed E-state index contributed by atoms with van der Waals surface area (Å²) >= 11 is 0. The lowest BCUT2D eigenvalue weighted by atomic mass is 9.87. The Kier molecular flexibility index (Phi) is 6.93. The first-order valence-electron chi connectivity index (χ1n) is 12.4. The summed E-state index contributed by atoms with van der Waals surface area (Å²) in [6.07, 6.45) is 3.23. The monoisotopic (exact) mass is 466 g/mol. The van der Waals surface area contributed by atoms with E-state index in [1.165, 1.54) is 16.0 Å². The summed E-state index contributed by atoms with van der Waals surface area (Å²) in [6.45, 7) is 10.7. The van der Waals surface area contributed by atoms with Crippen LogP contribution in [0, 0.1) is 6.92 Å². The summed E-state index contributed by atoms with van der Waals surface area (Å²) in [5, 5.41) is 3.27. The fourth-order valence-electron chi connectivity index (χ4n) is 4.26. The number of carbonyl (C=O) groups excluding carboxylic acids is 2. The Hall–Kier alpha value is -3.66. The number of anilines is 2. The van der Waals surface area contributed by atoms with Crippen LogP contribution in [0.15, 0.2) is 78.5 Å². The molecule has 1 aliphatic heterocycles. The van der Waals surface area contributed by atoms with E-state index in [2.05, 4.69) is 45.1 Å². The van der Waals surface area contributed by atoms with Crippen molar-refractivity contribution in [3.05, 3.63) is 101 Å². The zero-order chi connectivity index (χ0) is 25.2. The third kappa shape index (κ3) is 5.22. The van der Waals surface area contributed by atoms with E-state index >= 15 is 0 Å². The number of aryl methyl sites for hydroxylation is 2. The molecule has 35 heavy (non-hydrogen) atoms. The van der Waals surface area contributed by atoms with E-state index in [1.54, 1.807) is 0 Å². The average molecular weight is 467 g/mol. The third-order valence-electron chi connectivity index (χ3n) is 6.46. The second-order valence-corrected chi connectivity index (χ2v) is 10.3. The minimum absolute atomic E-state index is 0.0318. The van der Waals surface area contributed by atoms with Gasteiger partial charge in [-0.15, -0.1) is 0 Å². The van der Waals surface area contributed by atoms with Gasteiger partial charge in [0.05, 0.1) is 11.3 Å². The fraction of sp³-hybridized carbons (Fsp3) is 0.290. The van der Waals surface area contributed by atoms with Gasteiger partial charge in [-0.2, -0.15) is 0 Å². The van der Waals surface area contributed by atoms with Crippen molar-refractivity contribution in [3.63, 3.8) is 0 Å². The number of carbonyl (C=O) groups is 2. The number of nitrogens with zero attached hydrogens (tertiary/aromatic N) is 1. The van der Waals surface area contributed by atoms with E-state index < -0.39 is 0 Å². The van der Waals surface area contributed by atoms with Crippen LogP contribution in [0.5, 0.6) is 0 Å². The molecular formula is C31H34N2O2. The van der Waals surface area contributed by atoms with Crippen LogP contribution in [0.1, 0.15) is 62.8 Å². The molecule has 3 aromatic rings. The van der Waals surface area contributed by atoms with Crippen molar-refractivity contribution in [1.82, 2.24) is 0 Å². The van der Waals surface area contributed by atoms with Crippen LogP contribution in [0.3, 0.4) is 0 Å². The van der Waals surface area contributed by atoms with Crippen LogP contribution in [0.4, 0.5) is 11.4 Å². The van der Waals surface area contributed by atoms with Crippen molar-refractivity contribution in [1.29, 1.82) is 0 Å². The van der Waals surface area contributed by atoms with Crippen molar-refractivity contribution in [3.8, 4) is 0 Å². The molecule has 0 radical (unpaired) electrons. The molecule has 4 heteroatoms. The Labute approximate surface area is 208 Å². The fourth-order valence-corrected chi connectivity index (χ4v) is 4.26. The van der Waals surface area contributed by atoms with E-state index in [1.807, 2.05) is 67.6 Å². The molecule has 0 bridgehead atoms. The molecule has 0 saturated carbocycles. The standard InChI is InChI=1S/C31H34N2O2/c1-6-7-8-22-11-19-26(20-12-22)33-29(34)27(23-13-9-21(2)10-14-23)28(30(33)35)32-25-17-15-24(16-18-25)31(3,4)5/h9-20,32H,6-8H2,1-5H3. The predicted octanol–water partition coefficient (Wildman–Crippen LogP) is 7.03. The van der Waals surface area contributed by atoms with Crippen LogP contribution in [-0.4, -0.2) is 11.8 Å². The summed E-state index contributed by atoms with van der Waals surface area (Å²) < 4.78 is 0. The molecule has 1 N–H and O–H groups in total. The van der Waals surface area contributed by atoms with E-state index in [0.29, 0.717) is 17.0 Å². The van der Waals surface area contributed by atoms with E-state index in [0.717, 1.165) is 36.1 Å². The van der Waals surface area contributed by atoms with Gasteiger partial charge < -0.3 is 5.32 Å². The normalized spacial score (nSPS) is 14.1. The molecule has 0 aromatic heterocycles. The molecule has 4 nitrogen and oxygen atoms in total. The topological polar surface area (TPSA) is 49.4 Å². The number of hydrogen-bond donors (Lipinski definition) is 1. The van der Waals surface area contributed by atoms with Gasteiger partial charge in [0.1, 0.15) is 5.70 Å². The number of hydrogen-bond acceptors (Lipinski definition) is 3. The molecule has 1 heterocycles. The van der Waals surface area contributed by atoms with Gasteiger partial charge in [-0.3, -0.25) is 9.59 Å². The van der Waals surface area contributed by atoms with Crippen molar-refractivity contribution in [2.24, 2.45) is 0 Å². The van der Waals surface area contributed by atoms with Gasteiger partial charge in [-0.1, -0.05) is 88.2 Å². The highest BCUT2D eigenvalue weighted by molar-refractivity contribution is 6.46. The molecule has 180 valence electrons. The van der Waals surface area contributed by atoms with E-state index in [4.69, 9.17) is 0 Å².